The molecule has 1 atom stereocenters. The maximum absolute atomic E-state index is 11.9. The van der Waals surface area contributed by atoms with E-state index in [-0.39, 0.29) is 11.9 Å². The molecule has 6 heteroatoms. The minimum atomic E-state index is -0.776. The molecule has 1 aliphatic rings. The van der Waals surface area contributed by atoms with Gasteiger partial charge < -0.3 is 20.2 Å². The fraction of sp³-hybridized carbons (Fsp3) is 0.846. The lowest BCUT2D eigenvalue weighted by atomic mass is 10.1. The largest absolute Gasteiger partial charge is 0.481 e. The molecule has 1 unspecified atom stereocenters. The Kier molecular flexibility index (Phi) is 6.62. The number of piperazine rings is 1. The predicted molar refractivity (Wildman–Crippen MR) is 73.1 cm³/mol. The van der Waals surface area contributed by atoms with Crippen molar-refractivity contribution in [2.45, 2.75) is 26.7 Å². The van der Waals surface area contributed by atoms with Gasteiger partial charge in [-0.1, -0.05) is 13.8 Å². The van der Waals surface area contributed by atoms with Crippen molar-refractivity contribution in [3.8, 4) is 0 Å². The van der Waals surface area contributed by atoms with Gasteiger partial charge >= 0.3 is 12.0 Å². The van der Waals surface area contributed by atoms with Crippen LogP contribution in [0.3, 0.4) is 0 Å². The lowest BCUT2D eigenvalue weighted by Crippen LogP contribution is -2.51. The second kappa shape index (κ2) is 7.99. The van der Waals surface area contributed by atoms with Gasteiger partial charge in [-0.2, -0.15) is 0 Å². The minimum absolute atomic E-state index is 0.0290. The summed E-state index contributed by atoms with van der Waals surface area (Å²) >= 11 is 0. The number of carbonyl (C=O) groups is 2. The molecule has 19 heavy (non-hydrogen) atoms. The molecule has 0 radical (unpaired) electrons. The minimum Gasteiger partial charge on any atom is -0.481 e. The Hall–Kier alpha value is -1.30. The Morgan fingerprint density at radius 1 is 1.26 bits per heavy atom. The van der Waals surface area contributed by atoms with E-state index in [9.17, 15) is 9.59 Å². The number of carboxylic acids is 1. The third-order valence-corrected chi connectivity index (χ3v) is 3.62. The molecule has 0 spiro atoms. The Morgan fingerprint density at radius 3 is 2.42 bits per heavy atom. The maximum Gasteiger partial charge on any atom is 0.317 e. The van der Waals surface area contributed by atoms with Crippen LogP contribution in [0.15, 0.2) is 0 Å². The molecule has 1 heterocycles. The predicted octanol–water partition coefficient (Wildman–Crippen LogP) is 0.834. The summed E-state index contributed by atoms with van der Waals surface area (Å²) in [6.07, 6.45) is 1.30. The van der Waals surface area contributed by atoms with Crippen LogP contribution >= 0.6 is 0 Å². The number of amides is 2. The zero-order valence-electron chi connectivity index (χ0n) is 11.9. The van der Waals surface area contributed by atoms with Crippen LogP contribution in [0.25, 0.3) is 0 Å². The molecule has 1 saturated heterocycles. The van der Waals surface area contributed by atoms with E-state index < -0.39 is 5.97 Å². The van der Waals surface area contributed by atoms with Gasteiger partial charge in [-0.25, -0.2) is 4.79 Å². The summed E-state index contributed by atoms with van der Waals surface area (Å²) in [5, 5.41) is 11.6. The molecule has 0 saturated carbocycles. The number of nitrogens with one attached hydrogen (secondary N) is 1. The number of hydrogen-bond donors (Lipinski definition) is 2. The zero-order valence-corrected chi connectivity index (χ0v) is 11.9. The lowest BCUT2D eigenvalue weighted by Gasteiger charge is -2.34. The van der Waals surface area contributed by atoms with E-state index in [1.165, 1.54) is 0 Å². The molecule has 2 amide bonds. The van der Waals surface area contributed by atoms with E-state index in [1.807, 2.05) is 4.90 Å². The van der Waals surface area contributed by atoms with Gasteiger partial charge in [0.2, 0.25) is 0 Å². The van der Waals surface area contributed by atoms with Crippen LogP contribution in [0, 0.1) is 5.92 Å². The molecule has 1 rings (SSSR count). The normalized spacial score (nSPS) is 18.1. The van der Waals surface area contributed by atoms with Crippen molar-refractivity contribution in [1.82, 2.24) is 15.1 Å². The van der Waals surface area contributed by atoms with Crippen LogP contribution in [-0.4, -0.2) is 66.2 Å². The van der Waals surface area contributed by atoms with Crippen LogP contribution in [0.5, 0.6) is 0 Å². The summed E-state index contributed by atoms with van der Waals surface area (Å²) in [6, 6.07) is -0.0290. The van der Waals surface area contributed by atoms with Crippen LogP contribution in [0.4, 0.5) is 4.79 Å². The lowest BCUT2D eigenvalue weighted by molar-refractivity contribution is -0.141. The van der Waals surface area contributed by atoms with E-state index in [1.54, 1.807) is 6.92 Å². The highest BCUT2D eigenvalue weighted by molar-refractivity contribution is 5.74. The molecule has 1 aliphatic heterocycles. The molecule has 0 bridgehead atoms. The second-order valence-electron chi connectivity index (χ2n) is 5.03. The SMILES string of the molecule is CCN1CCN(C(=O)NCCCC(C)C(=O)O)CC1. The van der Waals surface area contributed by atoms with Gasteiger partial charge in [0.15, 0.2) is 0 Å². The highest BCUT2D eigenvalue weighted by atomic mass is 16.4. The molecule has 6 nitrogen and oxygen atoms in total. The molecule has 0 aromatic rings. The van der Waals surface area contributed by atoms with Crippen molar-refractivity contribution >= 4 is 12.0 Å². The number of urea groups is 1. The van der Waals surface area contributed by atoms with E-state index in [0.29, 0.717) is 19.4 Å². The fourth-order valence-electron chi connectivity index (χ4n) is 2.11. The van der Waals surface area contributed by atoms with E-state index in [0.717, 1.165) is 32.7 Å². The Labute approximate surface area is 114 Å². The first-order valence-corrected chi connectivity index (χ1v) is 7.02. The van der Waals surface area contributed by atoms with Gasteiger partial charge in [-0.05, 0) is 19.4 Å². The number of rotatable bonds is 6. The molecule has 0 aromatic carbocycles. The number of carboxylic acid groups (broad SMARTS) is 1. The summed E-state index contributed by atoms with van der Waals surface area (Å²) in [5.41, 5.74) is 0. The van der Waals surface area contributed by atoms with E-state index in [2.05, 4.69) is 17.1 Å². The van der Waals surface area contributed by atoms with Crippen molar-refractivity contribution in [2.75, 3.05) is 39.3 Å². The summed E-state index contributed by atoms with van der Waals surface area (Å²) in [6.45, 7) is 8.79. The first kappa shape index (κ1) is 15.8. The first-order valence-electron chi connectivity index (χ1n) is 7.02. The summed E-state index contributed by atoms with van der Waals surface area (Å²) in [5.74, 6) is -1.12. The molecular formula is C13H25N3O3. The maximum atomic E-state index is 11.9. The molecule has 0 aliphatic carbocycles. The van der Waals surface area contributed by atoms with Crippen molar-refractivity contribution in [2.24, 2.45) is 5.92 Å². The highest BCUT2D eigenvalue weighted by Crippen LogP contribution is 2.05. The third-order valence-electron chi connectivity index (χ3n) is 3.62. The Balaban J connectivity index is 2.13. The highest BCUT2D eigenvalue weighted by Gasteiger charge is 2.19. The molecule has 1 fully saturated rings. The van der Waals surface area contributed by atoms with E-state index >= 15 is 0 Å². The Bertz CT molecular complexity index is 302. The molecule has 110 valence electrons. The molecular weight excluding hydrogens is 246 g/mol. The van der Waals surface area contributed by atoms with E-state index in [4.69, 9.17) is 5.11 Å². The van der Waals surface area contributed by atoms with Crippen molar-refractivity contribution in [3.05, 3.63) is 0 Å². The monoisotopic (exact) mass is 271 g/mol. The smallest absolute Gasteiger partial charge is 0.317 e. The third kappa shape index (κ3) is 5.46. The van der Waals surface area contributed by atoms with Crippen molar-refractivity contribution in [3.63, 3.8) is 0 Å². The number of likely N-dealkylation sites (N-methyl/N-ethyl adjacent to an activating group) is 1. The topological polar surface area (TPSA) is 72.9 Å². The standard InChI is InChI=1S/C13H25N3O3/c1-3-15-7-9-16(10-8-15)13(19)14-6-4-5-11(2)12(17)18/h11H,3-10H2,1-2H3,(H,14,19)(H,17,18). The number of carbonyl (C=O) groups excluding carboxylic acids is 1. The first-order chi connectivity index (χ1) is 9.04. The van der Waals surface area contributed by atoms with Crippen LogP contribution in [0.1, 0.15) is 26.7 Å². The van der Waals surface area contributed by atoms with Gasteiger partial charge in [0.25, 0.3) is 0 Å². The molecule has 2 N–H and O–H groups in total. The van der Waals surface area contributed by atoms with Crippen molar-refractivity contribution < 1.29 is 14.7 Å². The van der Waals surface area contributed by atoms with Gasteiger partial charge in [0.05, 0.1) is 5.92 Å². The quantitative estimate of drug-likeness (QED) is 0.702. The van der Waals surface area contributed by atoms with Crippen LogP contribution in [0.2, 0.25) is 0 Å². The average molecular weight is 271 g/mol. The Morgan fingerprint density at radius 2 is 1.89 bits per heavy atom. The van der Waals surface area contributed by atoms with Gasteiger partial charge in [-0.3, -0.25) is 4.79 Å². The average Bonchev–Trinajstić information content (AvgIpc) is 2.43. The van der Waals surface area contributed by atoms with Gasteiger partial charge in [0.1, 0.15) is 0 Å². The van der Waals surface area contributed by atoms with Gasteiger partial charge in [-0.15, -0.1) is 0 Å². The van der Waals surface area contributed by atoms with Crippen LogP contribution in [-0.2, 0) is 4.79 Å². The number of hydrogen-bond acceptors (Lipinski definition) is 3. The number of nitrogens with zero attached hydrogens (tertiary/aromatic N) is 2. The summed E-state index contributed by atoms with van der Waals surface area (Å²) in [7, 11) is 0. The summed E-state index contributed by atoms with van der Waals surface area (Å²) < 4.78 is 0. The van der Waals surface area contributed by atoms with Gasteiger partial charge in [0, 0.05) is 32.7 Å². The number of aliphatic carboxylic acids is 1. The summed E-state index contributed by atoms with van der Waals surface area (Å²) in [4.78, 5) is 26.6. The fourth-order valence-corrected chi connectivity index (χ4v) is 2.11. The zero-order chi connectivity index (χ0) is 14.3. The van der Waals surface area contributed by atoms with Crippen LogP contribution < -0.4 is 5.32 Å². The molecule has 0 aromatic heterocycles. The van der Waals surface area contributed by atoms with Crippen molar-refractivity contribution in [1.29, 1.82) is 0 Å². The second-order valence-corrected chi connectivity index (χ2v) is 5.03.